The van der Waals surface area contributed by atoms with Crippen molar-refractivity contribution in [2.45, 2.75) is 23.2 Å². The fourth-order valence-corrected chi connectivity index (χ4v) is 7.72. The van der Waals surface area contributed by atoms with Crippen LogP contribution in [0.15, 0.2) is 90.1 Å². The lowest BCUT2D eigenvalue weighted by molar-refractivity contribution is 0.420. The maximum Gasteiger partial charge on any atom is 0.244 e. The highest BCUT2D eigenvalue weighted by molar-refractivity contribution is 7.89. The first kappa shape index (κ1) is 25.3. The highest BCUT2D eigenvalue weighted by atomic mass is 32.2. The molecule has 0 amide bonds. The van der Waals surface area contributed by atoms with E-state index >= 15 is 0 Å². The molecule has 3 aromatic carbocycles. The zero-order chi connectivity index (χ0) is 27.4. The summed E-state index contributed by atoms with van der Waals surface area (Å²) in [5.74, 6) is -0.915. The Morgan fingerprint density at radius 3 is 2.46 bits per heavy atom. The minimum absolute atomic E-state index is 0.0179. The molecule has 1 saturated carbocycles. The Kier molecular flexibility index (Phi) is 6.08. The van der Waals surface area contributed by atoms with E-state index in [9.17, 15) is 17.2 Å². The van der Waals surface area contributed by atoms with Crippen LogP contribution in [0.4, 0.5) is 20.2 Å². The quantitative estimate of drug-likeness (QED) is 0.290. The Balaban J connectivity index is 1.41. The zero-order valence-electron chi connectivity index (χ0n) is 21.1. The normalized spacial score (nSPS) is 22.3. The van der Waals surface area contributed by atoms with Gasteiger partial charge in [0.25, 0.3) is 0 Å². The van der Waals surface area contributed by atoms with Crippen LogP contribution >= 0.6 is 0 Å². The van der Waals surface area contributed by atoms with Crippen LogP contribution < -0.4 is 5.32 Å². The Bertz CT molecular complexity index is 1680. The summed E-state index contributed by atoms with van der Waals surface area (Å²) in [4.78, 5) is 3.58. The summed E-state index contributed by atoms with van der Waals surface area (Å²) in [6.45, 7) is 2.52. The topological polar surface area (TPSA) is 86.2 Å². The van der Waals surface area contributed by atoms with Gasteiger partial charge in [0, 0.05) is 53.8 Å². The van der Waals surface area contributed by atoms with Gasteiger partial charge in [-0.05, 0) is 72.0 Å². The number of anilines is 2. The molecule has 6 nitrogen and oxygen atoms in total. The van der Waals surface area contributed by atoms with Crippen LogP contribution in [0.25, 0.3) is 0 Å². The van der Waals surface area contributed by atoms with Gasteiger partial charge in [0.2, 0.25) is 10.0 Å². The Labute approximate surface area is 225 Å². The van der Waals surface area contributed by atoms with Crippen LogP contribution in [-0.2, 0) is 15.4 Å². The number of hydrogen-bond donors (Lipinski definition) is 2. The van der Waals surface area contributed by atoms with Gasteiger partial charge in [0.15, 0.2) is 0 Å². The smallest absolute Gasteiger partial charge is 0.244 e. The molecular weight excluding hydrogens is 518 g/mol. The van der Waals surface area contributed by atoms with Crippen LogP contribution in [0.3, 0.4) is 0 Å². The standard InChI is InChI=1S/C30H26F2N4O2S/c1-19-11-28(35-24-9-7-22(31)8-10-24)21(14-33)12-26(19)30-18-36(39(37,38)25-13-23(32)15-34-16-25)17-27(30)29(30)20-5-3-2-4-6-20/h2-16,27,29,33,35H,17-18H2,1H3/t27-,29-,30+/m0/s1. The Morgan fingerprint density at radius 2 is 1.77 bits per heavy atom. The zero-order valence-corrected chi connectivity index (χ0v) is 21.9. The van der Waals surface area contributed by atoms with Gasteiger partial charge in [0.05, 0.1) is 6.20 Å². The fourth-order valence-electron chi connectivity index (χ4n) is 6.23. The van der Waals surface area contributed by atoms with Crippen molar-refractivity contribution < 1.29 is 17.2 Å². The second-order valence-corrected chi connectivity index (χ2v) is 12.1. The number of rotatable bonds is 7. The first-order chi connectivity index (χ1) is 18.7. The molecule has 0 radical (unpaired) electrons. The number of hydrogen-bond acceptors (Lipinski definition) is 5. The van der Waals surface area contributed by atoms with Crippen LogP contribution in [0.1, 0.15) is 28.2 Å². The van der Waals surface area contributed by atoms with Gasteiger partial charge in [0.1, 0.15) is 16.5 Å². The van der Waals surface area contributed by atoms with Gasteiger partial charge in [-0.15, -0.1) is 0 Å². The van der Waals surface area contributed by atoms with Crippen LogP contribution in [-0.4, -0.2) is 37.0 Å². The molecule has 4 aromatic rings. The van der Waals surface area contributed by atoms with Gasteiger partial charge in [-0.2, -0.15) is 4.31 Å². The lowest BCUT2D eigenvalue weighted by atomic mass is 9.86. The number of nitrogens with one attached hydrogen (secondary N) is 2. The molecule has 39 heavy (non-hydrogen) atoms. The average Bonchev–Trinajstić information content (AvgIpc) is 3.38. The minimum Gasteiger partial charge on any atom is -0.355 e. The predicted octanol–water partition coefficient (Wildman–Crippen LogP) is 5.77. The van der Waals surface area contributed by atoms with Crippen molar-refractivity contribution in [3.05, 3.63) is 119 Å². The monoisotopic (exact) mass is 544 g/mol. The molecular formula is C30H26F2N4O2S. The van der Waals surface area contributed by atoms with Crippen molar-refractivity contribution in [2.24, 2.45) is 5.92 Å². The fraction of sp³-hybridized carbons (Fsp3) is 0.200. The first-order valence-corrected chi connectivity index (χ1v) is 14.0. The van der Waals surface area contributed by atoms with E-state index in [4.69, 9.17) is 5.41 Å². The average molecular weight is 545 g/mol. The second kappa shape index (κ2) is 9.36. The van der Waals surface area contributed by atoms with Crippen LogP contribution in [0, 0.1) is 29.9 Å². The van der Waals surface area contributed by atoms with E-state index in [1.54, 1.807) is 12.1 Å². The summed E-state index contributed by atoms with van der Waals surface area (Å²) in [5, 5.41) is 11.4. The van der Waals surface area contributed by atoms with Crippen LogP contribution in [0.2, 0.25) is 0 Å². The van der Waals surface area contributed by atoms with E-state index in [0.29, 0.717) is 23.5 Å². The molecule has 2 N–H and O–H groups in total. The third-order valence-corrected chi connectivity index (χ3v) is 9.78. The van der Waals surface area contributed by atoms with Crippen molar-refractivity contribution in [3.63, 3.8) is 0 Å². The lowest BCUT2D eigenvalue weighted by Crippen LogP contribution is -2.34. The minimum atomic E-state index is -3.95. The van der Waals surface area contributed by atoms with Gasteiger partial charge in [-0.25, -0.2) is 17.2 Å². The van der Waals surface area contributed by atoms with Gasteiger partial charge in [-0.1, -0.05) is 30.3 Å². The number of halogens is 2. The van der Waals surface area contributed by atoms with Crippen molar-refractivity contribution >= 4 is 27.6 Å². The summed E-state index contributed by atoms with van der Waals surface area (Å²) in [6, 6.07) is 21.0. The maximum absolute atomic E-state index is 13.9. The Hall–Kier alpha value is -3.95. The van der Waals surface area contributed by atoms with Crippen molar-refractivity contribution in [3.8, 4) is 0 Å². The van der Waals surface area contributed by atoms with E-state index in [0.717, 1.165) is 29.0 Å². The number of benzene rings is 3. The third kappa shape index (κ3) is 4.22. The largest absolute Gasteiger partial charge is 0.355 e. The van der Waals surface area contributed by atoms with Crippen molar-refractivity contribution in [1.82, 2.24) is 9.29 Å². The number of piperidine rings is 1. The summed E-state index contributed by atoms with van der Waals surface area (Å²) in [6.07, 6.45) is 3.43. The number of aromatic nitrogens is 1. The summed E-state index contributed by atoms with van der Waals surface area (Å²) in [5.41, 5.74) is 4.62. The number of sulfonamides is 1. The van der Waals surface area contributed by atoms with Gasteiger partial charge in [-0.3, -0.25) is 4.98 Å². The molecule has 2 aliphatic rings. The number of nitrogens with zero attached hydrogens (tertiary/aromatic N) is 2. The highest BCUT2D eigenvalue weighted by Gasteiger charge is 2.71. The molecule has 1 aromatic heterocycles. The number of pyridine rings is 1. The lowest BCUT2D eigenvalue weighted by Gasteiger charge is -2.26. The molecule has 2 heterocycles. The molecule has 0 unspecified atom stereocenters. The molecule has 6 rings (SSSR count). The molecule has 1 aliphatic carbocycles. The second-order valence-electron chi connectivity index (χ2n) is 10.2. The maximum atomic E-state index is 13.9. The Morgan fingerprint density at radius 1 is 1.03 bits per heavy atom. The van der Waals surface area contributed by atoms with E-state index < -0.39 is 21.3 Å². The molecule has 2 fully saturated rings. The van der Waals surface area contributed by atoms with Gasteiger partial charge >= 0.3 is 0 Å². The van der Waals surface area contributed by atoms with Crippen LogP contribution in [0.5, 0.6) is 0 Å². The number of aryl methyl sites for hydroxylation is 1. The number of fused-ring (bicyclic) bond motifs is 1. The van der Waals surface area contributed by atoms with Crippen molar-refractivity contribution in [1.29, 1.82) is 5.41 Å². The van der Waals surface area contributed by atoms with Crippen molar-refractivity contribution in [2.75, 3.05) is 18.4 Å². The molecule has 0 bridgehead atoms. The van der Waals surface area contributed by atoms with E-state index in [2.05, 4.69) is 22.4 Å². The van der Waals surface area contributed by atoms with E-state index in [-0.39, 0.29) is 29.1 Å². The molecule has 0 spiro atoms. The third-order valence-electron chi connectivity index (χ3n) is 8.00. The van der Waals surface area contributed by atoms with E-state index in [1.807, 2.05) is 37.3 Å². The van der Waals surface area contributed by atoms with Gasteiger partial charge < -0.3 is 10.7 Å². The molecule has 1 saturated heterocycles. The first-order valence-electron chi connectivity index (χ1n) is 12.6. The summed E-state index contributed by atoms with van der Waals surface area (Å²) in [7, 11) is -3.95. The summed E-state index contributed by atoms with van der Waals surface area (Å²) >= 11 is 0. The SMILES string of the molecule is Cc1cc(Nc2ccc(F)cc2)c(C=N)cc1[C@]12CN(S(=O)(=O)c3cncc(F)c3)C[C@H]1[C@@H]2c1ccccc1. The molecule has 198 valence electrons. The summed E-state index contributed by atoms with van der Waals surface area (Å²) < 4.78 is 55.7. The molecule has 1 aliphatic heterocycles. The predicted molar refractivity (Wildman–Crippen MR) is 146 cm³/mol. The highest BCUT2D eigenvalue weighted by Crippen LogP contribution is 2.70. The molecule has 3 atom stereocenters. The molecule has 9 heteroatoms. The van der Waals surface area contributed by atoms with E-state index in [1.165, 1.54) is 28.8 Å².